The van der Waals surface area contributed by atoms with Gasteiger partial charge in [0.15, 0.2) is 0 Å². The number of halogens is 2. The van der Waals surface area contributed by atoms with Gasteiger partial charge in [-0.3, -0.25) is 15.0 Å². The van der Waals surface area contributed by atoms with E-state index in [1.165, 1.54) is 0 Å². The summed E-state index contributed by atoms with van der Waals surface area (Å²) in [7, 11) is 0. The third kappa shape index (κ3) is 2.70. The molecule has 21 heavy (non-hydrogen) atoms. The summed E-state index contributed by atoms with van der Waals surface area (Å²) >= 11 is 0. The van der Waals surface area contributed by atoms with E-state index in [2.05, 4.69) is 10.2 Å². The highest BCUT2D eigenvalue weighted by atomic mass is 19.1. The largest absolute Gasteiger partial charge is 0.375 e. The monoisotopic (exact) mass is 297 g/mol. The Kier molecular flexibility index (Phi) is 3.75. The maximum absolute atomic E-state index is 13.6. The molecule has 2 fully saturated rings. The highest BCUT2D eigenvalue weighted by molar-refractivity contribution is 5.63. The maximum atomic E-state index is 13.6. The van der Waals surface area contributed by atoms with Gasteiger partial charge in [-0.15, -0.1) is 0 Å². The van der Waals surface area contributed by atoms with Crippen LogP contribution >= 0.6 is 0 Å². The van der Waals surface area contributed by atoms with Crippen molar-refractivity contribution in [3.63, 3.8) is 0 Å². The van der Waals surface area contributed by atoms with Crippen molar-refractivity contribution in [1.82, 2.24) is 4.90 Å². The number of nitro benzene ring substituents is 1. The number of nitro groups is 1. The number of anilines is 1. The number of piperidine rings is 1. The van der Waals surface area contributed by atoms with Crippen molar-refractivity contribution in [2.24, 2.45) is 0 Å². The molecule has 0 aliphatic carbocycles. The van der Waals surface area contributed by atoms with Crippen molar-refractivity contribution < 1.29 is 13.7 Å². The molecule has 2 aliphatic rings. The summed E-state index contributed by atoms with van der Waals surface area (Å²) in [6.07, 6.45) is 4.14. The minimum Gasteiger partial charge on any atom is -0.375 e. The normalized spacial score (nSPS) is 25.6. The van der Waals surface area contributed by atoms with Crippen LogP contribution in [-0.2, 0) is 0 Å². The lowest BCUT2D eigenvalue weighted by Gasteiger charge is -2.32. The Morgan fingerprint density at radius 2 is 2.05 bits per heavy atom. The number of benzene rings is 1. The molecule has 0 spiro atoms. The van der Waals surface area contributed by atoms with E-state index < -0.39 is 22.2 Å². The standard InChI is InChI=1S/C14H17F2N3O2/c15-9-7-10(16)14(19(20)21)12(8-9)17-11-4-6-18-5-2-1-3-13(11)18/h7-8,11,13,17H,1-6H2. The maximum Gasteiger partial charge on any atom is 0.327 e. The van der Waals surface area contributed by atoms with Crippen LogP contribution in [0.5, 0.6) is 0 Å². The molecule has 5 nitrogen and oxygen atoms in total. The van der Waals surface area contributed by atoms with Crippen molar-refractivity contribution in [1.29, 1.82) is 0 Å². The minimum atomic E-state index is -1.14. The predicted octanol–water partition coefficient (Wildman–Crippen LogP) is 2.91. The number of hydrogen-bond donors (Lipinski definition) is 1. The van der Waals surface area contributed by atoms with Gasteiger partial charge in [-0.25, -0.2) is 4.39 Å². The number of nitrogens with one attached hydrogen (secondary N) is 1. The van der Waals surface area contributed by atoms with Gasteiger partial charge in [-0.2, -0.15) is 4.39 Å². The molecular formula is C14H17F2N3O2. The van der Waals surface area contributed by atoms with Crippen molar-refractivity contribution in [2.75, 3.05) is 18.4 Å². The first-order chi connectivity index (χ1) is 10.1. The fourth-order valence-corrected chi connectivity index (χ4v) is 3.48. The molecule has 0 amide bonds. The topological polar surface area (TPSA) is 58.4 Å². The van der Waals surface area contributed by atoms with Gasteiger partial charge in [0.05, 0.1) is 4.92 Å². The molecule has 0 aromatic heterocycles. The van der Waals surface area contributed by atoms with Crippen LogP contribution in [0.3, 0.4) is 0 Å². The van der Waals surface area contributed by atoms with Gasteiger partial charge in [0.25, 0.3) is 0 Å². The SMILES string of the molecule is O=[N+]([O-])c1c(F)cc(F)cc1NC1CCN2CCCCC12. The highest BCUT2D eigenvalue weighted by Crippen LogP contribution is 2.34. The Bertz CT molecular complexity index is 567. The second kappa shape index (κ2) is 5.55. The van der Waals surface area contributed by atoms with E-state index in [1.54, 1.807) is 0 Å². The quantitative estimate of drug-likeness (QED) is 0.688. The van der Waals surface area contributed by atoms with Crippen LogP contribution in [0.4, 0.5) is 20.2 Å². The third-order valence-corrected chi connectivity index (χ3v) is 4.41. The van der Waals surface area contributed by atoms with Gasteiger partial charge in [-0.05, 0) is 25.8 Å². The van der Waals surface area contributed by atoms with Gasteiger partial charge in [0.1, 0.15) is 11.5 Å². The first kappa shape index (κ1) is 14.2. The van der Waals surface area contributed by atoms with E-state index in [0.717, 1.165) is 44.8 Å². The fraction of sp³-hybridized carbons (Fsp3) is 0.571. The second-order valence-corrected chi connectivity index (χ2v) is 5.68. The summed E-state index contributed by atoms with van der Waals surface area (Å²) in [5, 5.41) is 14.0. The lowest BCUT2D eigenvalue weighted by molar-refractivity contribution is -0.386. The van der Waals surface area contributed by atoms with Crippen molar-refractivity contribution in [3.8, 4) is 0 Å². The zero-order chi connectivity index (χ0) is 15.0. The van der Waals surface area contributed by atoms with E-state index in [4.69, 9.17) is 0 Å². The van der Waals surface area contributed by atoms with Gasteiger partial charge in [0, 0.05) is 30.8 Å². The number of nitrogens with zero attached hydrogens (tertiary/aromatic N) is 2. The zero-order valence-electron chi connectivity index (χ0n) is 11.5. The Balaban J connectivity index is 1.86. The van der Waals surface area contributed by atoms with Gasteiger partial charge in [-0.1, -0.05) is 6.42 Å². The number of fused-ring (bicyclic) bond motifs is 1. The minimum absolute atomic E-state index is 0.00481. The van der Waals surface area contributed by atoms with Gasteiger partial charge in [0.2, 0.25) is 5.82 Å². The molecule has 2 aliphatic heterocycles. The molecule has 2 unspecified atom stereocenters. The molecule has 1 aromatic carbocycles. The van der Waals surface area contributed by atoms with Crippen LogP contribution in [0.1, 0.15) is 25.7 Å². The van der Waals surface area contributed by atoms with Crippen molar-refractivity contribution >= 4 is 11.4 Å². The van der Waals surface area contributed by atoms with Crippen LogP contribution in [0.25, 0.3) is 0 Å². The summed E-state index contributed by atoms with van der Waals surface area (Å²) in [6.45, 7) is 1.95. The molecule has 7 heteroatoms. The van der Waals surface area contributed by atoms with Crippen molar-refractivity contribution in [3.05, 3.63) is 33.9 Å². The third-order valence-electron chi connectivity index (χ3n) is 4.41. The van der Waals surface area contributed by atoms with Crippen molar-refractivity contribution in [2.45, 2.75) is 37.8 Å². The van der Waals surface area contributed by atoms with E-state index in [9.17, 15) is 18.9 Å². The first-order valence-corrected chi connectivity index (χ1v) is 7.20. The number of hydrogen-bond acceptors (Lipinski definition) is 4. The Morgan fingerprint density at radius 1 is 1.24 bits per heavy atom. The molecule has 3 rings (SSSR count). The van der Waals surface area contributed by atoms with E-state index in [0.29, 0.717) is 12.1 Å². The summed E-state index contributed by atoms with van der Waals surface area (Å²) in [5.74, 6) is -1.94. The molecule has 2 atom stereocenters. The highest BCUT2D eigenvalue weighted by Gasteiger charge is 2.36. The van der Waals surface area contributed by atoms with Crippen LogP contribution in [0.2, 0.25) is 0 Å². The Morgan fingerprint density at radius 3 is 2.81 bits per heavy atom. The second-order valence-electron chi connectivity index (χ2n) is 5.68. The molecule has 1 N–H and O–H groups in total. The molecule has 114 valence electrons. The van der Waals surface area contributed by atoms with Crippen LogP contribution in [0.15, 0.2) is 12.1 Å². The zero-order valence-corrected chi connectivity index (χ0v) is 11.5. The molecule has 1 aromatic rings. The Hall–Kier alpha value is -1.76. The van der Waals surface area contributed by atoms with E-state index in [1.807, 2.05) is 0 Å². The summed E-state index contributed by atoms with van der Waals surface area (Å²) in [4.78, 5) is 12.6. The average Bonchev–Trinajstić information content (AvgIpc) is 2.81. The van der Waals surface area contributed by atoms with Crippen LogP contribution in [0, 0.1) is 21.7 Å². The molecular weight excluding hydrogens is 280 g/mol. The summed E-state index contributed by atoms with van der Waals surface area (Å²) in [5.41, 5.74) is -0.736. The van der Waals surface area contributed by atoms with E-state index in [-0.39, 0.29) is 11.7 Å². The molecule has 0 radical (unpaired) electrons. The van der Waals surface area contributed by atoms with Crippen LogP contribution < -0.4 is 5.32 Å². The molecule has 0 bridgehead atoms. The predicted molar refractivity (Wildman–Crippen MR) is 74.3 cm³/mol. The van der Waals surface area contributed by atoms with Gasteiger partial charge < -0.3 is 5.32 Å². The lowest BCUT2D eigenvalue weighted by Crippen LogP contribution is -2.41. The number of rotatable bonds is 3. The first-order valence-electron chi connectivity index (χ1n) is 7.20. The summed E-state index contributed by atoms with van der Waals surface area (Å²) < 4.78 is 27.0. The summed E-state index contributed by atoms with van der Waals surface area (Å²) in [6, 6.07) is 1.85. The molecule has 2 saturated heterocycles. The Labute approximate surface area is 121 Å². The lowest BCUT2D eigenvalue weighted by atomic mass is 9.98. The molecule has 0 saturated carbocycles. The molecule has 2 heterocycles. The van der Waals surface area contributed by atoms with Crippen LogP contribution in [-0.4, -0.2) is 35.0 Å². The van der Waals surface area contributed by atoms with Gasteiger partial charge >= 0.3 is 5.69 Å². The smallest absolute Gasteiger partial charge is 0.327 e. The average molecular weight is 297 g/mol. The van der Waals surface area contributed by atoms with E-state index >= 15 is 0 Å². The fourth-order valence-electron chi connectivity index (χ4n) is 3.48.